The Morgan fingerprint density at radius 1 is 0.308 bits per heavy atom. The van der Waals surface area contributed by atoms with Crippen molar-refractivity contribution < 1.29 is 142 Å². The SMILES string of the molecule is CC(C)(C)C(=O)CCCCCCCCCCC(=O)NC(COCCC(=O)NCCCCC(=O)CCCCO[C@H]1OC(CO)[C@@H](O)[C@H](O)C1O)(COCCC(=O)NCCCNC(=O)CCCCO[C@H]1OC(CO)[C@@H](O)C(O)[C@H]1O)COCCC(=O)NCCCNC(=O)CCCCO[C@H]1OC(CO)[C@@H](O)C(O)[C@H]1O. The zero-order valence-corrected chi connectivity index (χ0v) is 63.1. The van der Waals surface area contributed by atoms with Crippen LogP contribution < -0.4 is 31.9 Å². The highest BCUT2D eigenvalue weighted by atomic mass is 16.7. The van der Waals surface area contributed by atoms with E-state index >= 15 is 0 Å². The molecule has 0 aromatic rings. The molecule has 3 aliphatic heterocycles. The zero-order valence-electron chi connectivity index (χ0n) is 63.1. The standard InChI is InChI=1S/C72H130N6O29/c1-71(2,3)52(83)24-10-8-6-4-5-7-9-11-27-58(89)78-72(45-99-39-28-55(86)73-31-16-12-22-48(82)23-13-17-36-102-68-65(96)62(93)59(90)49(42-79)105-68,46-100-40-29-56(87)76-34-20-32-74-53(84)25-14-18-37-103-69-66(97)63(94)60(91)50(43-80)106-69)47-101-41-30-57(88)77-35-21-33-75-54(85)26-15-19-38-104-70-67(98)64(95)61(92)51(44-81)107-70/h49-51,59-70,79-81,90-98H,4-47H2,1-3H3,(H,73,86)(H,74,84)(H,75,85)(H,76,87)(H,77,88)(H,78,89)/t49?,50?,51?,59-,60-,61-,62+,63?,64?,65?,66-,67-,68+,69+,70+,72?/m1/s1. The Kier molecular flexibility index (Phi) is 50.2. The number of rotatable bonds is 61. The van der Waals surface area contributed by atoms with E-state index < -0.39 is 117 Å². The topological polar surface area (TPSA) is 535 Å². The molecule has 0 aliphatic carbocycles. The molecule has 6 amide bonds. The average molecular weight is 1540 g/mol. The Morgan fingerprint density at radius 3 is 0.925 bits per heavy atom. The number of amides is 6. The van der Waals surface area contributed by atoms with E-state index in [-0.39, 0.29) is 196 Å². The number of hydrogen-bond acceptors (Lipinski definition) is 29. The van der Waals surface area contributed by atoms with Crippen molar-refractivity contribution in [2.75, 3.05) is 112 Å². The Morgan fingerprint density at radius 2 is 0.589 bits per heavy atom. The van der Waals surface area contributed by atoms with Crippen LogP contribution in [-0.2, 0) is 81.0 Å². The number of aliphatic hydroxyl groups is 12. The predicted molar refractivity (Wildman–Crippen MR) is 382 cm³/mol. The van der Waals surface area contributed by atoms with Crippen LogP contribution in [0.5, 0.6) is 0 Å². The van der Waals surface area contributed by atoms with Gasteiger partial charge < -0.3 is 136 Å². The number of Topliss-reactive ketones (excluding diaryl/α,β-unsaturated/α-hetero) is 2. The maximum atomic E-state index is 13.9. The van der Waals surface area contributed by atoms with E-state index in [2.05, 4.69) is 31.9 Å². The number of unbranched alkanes of at least 4 members (excludes halogenated alkanes) is 11. The second-order valence-electron chi connectivity index (χ2n) is 28.8. The minimum absolute atomic E-state index is 0.00895. The van der Waals surface area contributed by atoms with Gasteiger partial charge in [-0.2, -0.15) is 0 Å². The van der Waals surface area contributed by atoms with Gasteiger partial charge in [-0.25, -0.2) is 0 Å². The fourth-order valence-corrected chi connectivity index (χ4v) is 11.6. The van der Waals surface area contributed by atoms with Crippen molar-refractivity contribution in [1.29, 1.82) is 0 Å². The van der Waals surface area contributed by atoms with Crippen LogP contribution in [0.3, 0.4) is 0 Å². The summed E-state index contributed by atoms with van der Waals surface area (Å²) >= 11 is 0. The highest BCUT2D eigenvalue weighted by Crippen LogP contribution is 2.26. The fraction of sp³-hybridized carbons (Fsp3) is 0.889. The van der Waals surface area contributed by atoms with Crippen LogP contribution in [0.4, 0.5) is 0 Å². The van der Waals surface area contributed by atoms with Crippen molar-refractivity contribution in [3.05, 3.63) is 0 Å². The third-order valence-corrected chi connectivity index (χ3v) is 18.4. The van der Waals surface area contributed by atoms with Gasteiger partial charge >= 0.3 is 0 Å². The van der Waals surface area contributed by atoms with Gasteiger partial charge in [-0.1, -0.05) is 59.3 Å². The van der Waals surface area contributed by atoms with Crippen LogP contribution in [0.1, 0.15) is 194 Å². The summed E-state index contributed by atoms with van der Waals surface area (Å²) in [5.41, 5.74) is -1.74. The number of ketones is 2. The summed E-state index contributed by atoms with van der Waals surface area (Å²) in [5.74, 6) is -1.59. The summed E-state index contributed by atoms with van der Waals surface area (Å²) in [6.45, 7) is 4.59. The lowest BCUT2D eigenvalue weighted by molar-refractivity contribution is -0.301. The van der Waals surface area contributed by atoms with E-state index in [9.17, 15) is 99.6 Å². The molecule has 107 heavy (non-hydrogen) atoms. The quantitative estimate of drug-likeness (QED) is 0.0283. The van der Waals surface area contributed by atoms with E-state index in [1.165, 1.54) is 0 Å². The molecule has 35 nitrogen and oxygen atoms in total. The lowest BCUT2D eigenvalue weighted by Crippen LogP contribution is -2.59. The smallest absolute Gasteiger partial charge is 0.222 e. The maximum absolute atomic E-state index is 13.9. The molecule has 0 saturated carbocycles. The molecular formula is C72H130N6O29. The summed E-state index contributed by atoms with van der Waals surface area (Å²) in [6, 6.07) is 0. The minimum Gasteiger partial charge on any atom is -0.394 e. The summed E-state index contributed by atoms with van der Waals surface area (Å²) in [5, 5.41) is 136. The number of ether oxygens (including phenoxy) is 9. The predicted octanol–water partition coefficient (Wildman–Crippen LogP) is -2.36. The van der Waals surface area contributed by atoms with E-state index in [0.717, 1.165) is 44.9 Å². The lowest BCUT2D eigenvalue weighted by atomic mass is 9.88. The molecular weight excluding hydrogens is 1410 g/mol. The van der Waals surface area contributed by atoms with E-state index in [0.29, 0.717) is 77.0 Å². The first-order chi connectivity index (χ1) is 51.2. The Hall–Kier alpha value is -4.68. The van der Waals surface area contributed by atoms with Crippen molar-refractivity contribution in [3.63, 3.8) is 0 Å². The van der Waals surface area contributed by atoms with Gasteiger partial charge in [0, 0.05) is 116 Å². The van der Waals surface area contributed by atoms with Gasteiger partial charge in [-0.15, -0.1) is 0 Å². The van der Waals surface area contributed by atoms with Crippen molar-refractivity contribution in [2.24, 2.45) is 5.41 Å². The first kappa shape index (κ1) is 96.5. The average Bonchev–Trinajstić information content (AvgIpc) is 0.821. The van der Waals surface area contributed by atoms with E-state index in [1.807, 2.05) is 20.8 Å². The molecule has 3 fully saturated rings. The lowest BCUT2D eigenvalue weighted by Gasteiger charge is -2.39. The van der Waals surface area contributed by atoms with Crippen molar-refractivity contribution >= 4 is 47.0 Å². The molecule has 6 unspecified atom stereocenters. The van der Waals surface area contributed by atoms with Crippen LogP contribution >= 0.6 is 0 Å². The molecule has 3 heterocycles. The number of carbonyl (C=O) groups is 8. The van der Waals surface area contributed by atoms with Gasteiger partial charge in [-0.3, -0.25) is 38.4 Å². The minimum atomic E-state index is -1.57. The third-order valence-electron chi connectivity index (χ3n) is 18.4. The molecule has 3 rings (SSSR count). The molecule has 3 aliphatic rings. The fourth-order valence-electron chi connectivity index (χ4n) is 11.6. The second kappa shape index (κ2) is 55.7. The number of aliphatic hydroxyl groups excluding tert-OH is 12. The summed E-state index contributed by atoms with van der Waals surface area (Å²) in [7, 11) is 0. The van der Waals surface area contributed by atoms with Crippen LogP contribution in [0, 0.1) is 5.41 Å². The first-order valence-electron chi connectivity index (χ1n) is 38.4. The van der Waals surface area contributed by atoms with Gasteiger partial charge in [-0.05, 0) is 77.0 Å². The zero-order chi connectivity index (χ0) is 79.0. The summed E-state index contributed by atoms with van der Waals surface area (Å²) in [4.78, 5) is 103. The van der Waals surface area contributed by atoms with Gasteiger partial charge in [0.05, 0.1) is 59.5 Å². The maximum Gasteiger partial charge on any atom is 0.222 e. The highest BCUT2D eigenvalue weighted by Gasteiger charge is 2.46. The molecule has 15 atom stereocenters. The molecule has 3 saturated heterocycles. The van der Waals surface area contributed by atoms with Crippen LogP contribution in [0.25, 0.3) is 0 Å². The summed E-state index contributed by atoms with van der Waals surface area (Å²) < 4.78 is 50.7. The molecule has 0 spiro atoms. The number of carbonyl (C=O) groups excluding carboxylic acids is 8. The molecule has 0 aromatic carbocycles. The first-order valence-corrected chi connectivity index (χ1v) is 38.4. The molecule has 0 aromatic heterocycles. The normalized spacial score (nSPS) is 25.1. The highest BCUT2D eigenvalue weighted by molar-refractivity contribution is 5.83. The second-order valence-corrected chi connectivity index (χ2v) is 28.8. The molecule has 0 bridgehead atoms. The Labute approximate surface area is 628 Å². The van der Waals surface area contributed by atoms with Crippen molar-refractivity contribution in [2.45, 2.75) is 292 Å². The molecule has 0 radical (unpaired) electrons. The summed E-state index contributed by atoms with van der Waals surface area (Å²) in [6.07, 6.45) is -8.15. The Bertz CT molecular complexity index is 2270. The van der Waals surface area contributed by atoms with E-state index in [1.54, 1.807) is 0 Å². The van der Waals surface area contributed by atoms with Gasteiger partial charge in [0.2, 0.25) is 35.4 Å². The molecule has 18 N–H and O–H groups in total. The van der Waals surface area contributed by atoms with E-state index in [4.69, 9.17) is 42.6 Å². The Balaban J connectivity index is 1.53. The monoisotopic (exact) mass is 1540 g/mol. The van der Waals surface area contributed by atoms with Crippen LogP contribution in [-0.4, -0.2) is 318 Å². The van der Waals surface area contributed by atoms with Gasteiger partial charge in [0.1, 0.15) is 90.4 Å². The van der Waals surface area contributed by atoms with Crippen LogP contribution in [0.15, 0.2) is 0 Å². The van der Waals surface area contributed by atoms with Crippen molar-refractivity contribution in [3.8, 4) is 0 Å². The van der Waals surface area contributed by atoms with Crippen molar-refractivity contribution in [1.82, 2.24) is 31.9 Å². The number of hydrogen-bond donors (Lipinski definition) is 18. The largest absolute Gasteiger partial charge is 0.394 e. The van der Waals surface area contributed by atoms with Gasteiger partial charge in [0.25, 0.3) is 0 Å². The molecule has 35 heteroatoms. The number of nitrogens with one attached hydrogen (secondary N) is 6. The third kappa shape index (κ3) is 40.4. The van der Waals surface area contributed by atoms with Gasteiger partial charge in [0.15, 0.2) is 18.9 Å². The molecule has 622 valence electrons. The van der Waals surface area contributed by atoms with Crippen LogP contribution in [0.2, 0.25) is 0 Å².